The van der Waals surface area contributed by atoms with Crippen LogP contribution in [0.5, 0.6) is 5.75 Å². The van der Waals surface area contributed by atoms with Crippen LogP contribution < -0.4 is 0 Å². The minimum Gasteiger partial charge on any atom is -0.508 e. The molecule has 0 aliphatic heterocycles. The number of phenolic OH excluding ortho intramolecular Hbond substituents is 1. The summed E-state index contributed by atoms with van der Waals surface area (Å²) >= 11 is 0. The molecule has 0 saturated heterocycles. The number of hydrogen-bond donors (Lipinski definition) is 1. The summed E-state index contributed by atoms with van der Waals surface area (Å²) in [5, 5.41) is 9.40. The van der Waals surface area contributed by atoms with E-state index in [1.165, 1.54) is 24.5 Å². The van der Waals surface area contributed by atoms with Crippen molar-refractivity contribution in [3.63, 3.8) is 0 Å². The van der Waals surface area contributed by atoms with Crippen LogP contribution in [-0.4, -0.2) is 17.8 Å². The van der Waals surface area contributed by atoms with E-state index in [0.717, 1.165) is 55.0 Å². The third-order valence-electron chi connectivity index (χ3n) is 5.83. The number of aromatic hydroxyl groups is 1. The van der Waals surface area contributed by atoms with Crippen LogP contribution in [0.25, 0.3) is 28.3 Å². The average Bonchev–Trinajstić information content (AvgIpc) is 2.82. The van der Waals surface area contributed by atoms with Crippen molar-refractivity contribution in [1.29, 1.82) is 0 Å². The van der Waals surface area contributed by atoms with Gasteiger partial charge >= 0.3 is 0 Å². The molecule has 1 unspecified atom stereocenters. The number of benzene rings is 3. The Labute approximate surface area is 197 Å². The number of allylic oxidation sites excluding steroid dienone is 1. The van der Waals surface area contributed by atoms with Gasteiger partial charge in [0.2, 0.25) is 0 Å². The lowest BCUT2D eigenvalue weighted by molar-refractivity contribution is 0.0566. The van der Waals surface area contributed by atoms with E-state index >= 15 is 0 Å². The molecule has 174 valence electrons. The first kappa shape index (κ1) is 24.7. The zero-order valence-corrected chi connectivity index (χ0v) is 19.8. The Bertz CT molecular complexity index is 1010. The molecular formula is C30H35FO2. The quantitative estimate of drug-likeness (QED) is 0.282. The summed E-state index contributed by atoms with van der Waals surface area (Å²) in [7, 11) is 0. The summed E-state index contributed by atoms with van der Waals surface area (Å²) in [5.41, 5.74) is 4.67. The molecule has 0 spiro atoms. The maximum absolute atomic E-state index is 14.1. The molecule has 1 N–H and O–H groups in total. The number of rotatable bonds is 12. The Morgan fingerprint density at radius 2 is 1.55 bits per heavy atom. The highest BCUT2D eigenvalue weighted by atomic mass is 19.1. The number of phenols is 1. The summed E-state index contributed by atoms with van der Waals surface area (Å²) in [6.07, 6.45) is 11.7. The number of hydrogen-bond acceptors (Lipinski definition) is 2. The van der Waals surface area contributed by atoms with Gasteiger partial charge in [0.1, 0.15) is 11.6 Å². The third-order valence-corrected chi connectivity index (χ3v) is 5.83. The van der Waals surface area contributed by atoms with Crippen molar-refractivity contribution in [2.75, 3.05) is 6.61 Å². The second kappa shape index (κ2) is 13.0. The van der Waals surface area contributed by atoms with E-state index in [4.69, 9.17) is 4.74 Å². The molecular weight excluding hydrogens is 411 g/mol. The number of unbranched alkanes of at least 4 members (excludes halogenated alkanes) is 3. The lowest BCUT2D eigenvalue weighted by atomic mass is 9.99. The van der Waals surface area contributed by atoms with Crippen molar-refractivity contribution in [3.05, 3.63) is 84.2 Å². The summed E-state index contributed by atoms with van der Waals surface area (Å²) in [6.45, 7) is 5.26. The molecule has 0 fully saturated rings. The van der Waals surface area contributed by atoms with Gasteiger partial charge in [0.05, 0.1) is 6.10 Å². The van der Waals surface area contributed by atoms with Crippen LogP contribution in [0.3, 0.4) is 0 Å². The minimum absolute atomic E-state index is 0.0663. The molecule has 0 amide bonds. The summed E-state index contributed by atoms with van der Waals surface area (Å²) in [6, 6.07) is 20.5. The van der Waals surface area contributed by atoms with Crippen LogP contribution >= 0.6 is 0 Å². The van der Waals surface area contributed by atoms with E-state index in [1.807, 2.05) is 24.3 Å². The van der Waals surface area contributed by atoms with Crippen LogP contribution in [-0.2, 0) is 4.74 Å². The Hall–Kier alpha value is -2.91. The SMILES string of the molecule is CCCCCOC(C)CCCC=Cc1ccc(-c2ccc(-c3ccc(O)cc3F)cc2)cc1. The maximum atomic E-state index is 14.1. The normalized spacial score (nSPS) is 12.3. The van der Waals surface area contributed by atoms with Crippen LogP contribution in [0.4, 0.5) is 4.39 Å². The molecule has 3 aromatic carbocycles. The fourth-order valence-electron chi connectivity index (χ4n) is 3.83. The van der Waals surface area contributed by atoms with Gasteiger partial charge in [-0.05, 0) is 67.0 Å². The van der Waals surface area contributed by atoms with E-state index in [1.54, 1.807) is 6.07 Å². The first-order valence-corrected chi connectivity index (χ1v) is 12.0. The molecule has 0 aliphatic rings. The van der Waals surface area contributed by atoms with E-state index in [2.05, 4.69) is 50.3 Å². The lowest BCUT2D eigenvalue weighted by Gasteiger charge is -2.12. The smallest absolute Gasteiger partial charge is 0.134 e. The fraction of sp³-hybridized carbons (Fsp3) is 0.333. The minimum atomic E-state index is -0.423. The molecule has 0 heterocycles. The molecule has 0 saturated carbocycles. The Morgan fingerprint density at radius 1 is 0.879 bits per heavy atom. The van der Waals surface area contributed by atoms with Gasteiger partial charge in [0, 0.05) is 18.2 Å². The molecule has 0 aromatic heterocycles. The lowest BCUT2D eigenvalue weighted by Crippen LogP contribution is -2.08. The summed E-state index contributed by atoms with van der Waals surface area (Å²) in [4.78, 5) is 0. The second-order valence-corrected chi connectivity index (χ2v) is 8.59. The van der Waals surface area contributed by atoms with E-state index in [-0.39, 0.29) is 5.75 Å². The van der Waals surface area contributed by atoms with Crippen LogP contribution in [0, 0.1) is 5.82 Å². The van der Waals surface area contributed by atoms with E-state index < -0.39 is 5.82 Å². The van der Waals surface area contributed by atoms with Gasteiger partial charge in [-0.2, -0.15) is 0 Å². The third kappa shape index (κ3) is 7.87. The summed E-state index contributed by atoms with van der Waals surface area (Å²) in [5.74, 6) is -0.490. The van der Waals surface area contributed by atoms with Gasteiger partial charge in [-0.25, -0.2) is 4.39 Å². The van der Waals surface area contributed by atoms with Crippen molar-refractivity contribution in [3.8, 4) is 28.0 Å². The van der Waals surface area contributed by atoms with E-state index in [0.29, 0.717) is 11.7 Å². The monoisotopic (exact) mass is 446 g/mol. The highest BCUT2D eigenvalue weighted by Crippen LogP contribution is 2.28. The molecule has 3 aromatic rings. The molecule has 0 aliphatic carbocycles. The first-order chi connectivity index (χ1) is 16.1. The Morgan fingerprint density at radius 3 is 2.21 bits per heavy atom. The highest BCUT2D eigenvalue weighted by Gasteiger charge is 2.07. The maximum Gasteiger partial charge on any atom is 0.134 e. The predicted molar refractivity (Wildman–Crippen MR) is 137 cm³/mol. The van der Waals surface area contributed by atoms with Crippen LogP contribution in [0.2, 0.25) is 0 Å². The highest BCUT2D eigenvalue weighted by molar-refractivity contribution is 5.71. The zero-order valence-electron chi connectivity index (χ0n) is 19.8. The number of ether oxygens (including phenoxy) is 1. The van der Waals surface area contributed by atoms with Gasteiger partial charge < -0.3 is 9.84 Å². The molecule has 0 radical (unpaired) electrons. The van der Waals surface area contributed by atoms with Gasteiger partial charge in [0.15, 0.2) is 0 Å². The Balaban J connectivity index is 1.48. The van der Waals surface area contributed by atoms with Gasteiger partial charge in [-0.15, -0.1) is 0 Å². The molecule has 1 atom stereocenters. The average molecular weight is 447 g/mol. The zero-order chi connectivity index (χ0) is 23.5. The largest absolute Gasteiger partial charge is 0.508 e. The molecule has 3 heteroatoms. The predicted octanol–water partition coefficient (Wildman–Crippen LogP) is 8.64. The van der Waals surface area contributed by atoms with Crippen molar-refractivity contribution in [2.24, 2.45) is 0 Å². The topological polar surface area (TPSA) is 29.5 Å². The molecule has 3 rings (SSSR count). The van der Waals surface area contributed by atoms with Gasteiger partial charge in [-0.3, -0.25) is 0 Å². The standard InChI is InChI=1S/C30H35FO2/c1-3-4-8-21-33-23(2)9-6-5-7-10-24-11-13-25(14-12-24)26-15-17-27(18-16-26)29-20-19-28(32)22-30(29)31/h7,10-20,22-23,32H,3-6,8-9,21H2,1-2H3. The van der Waals surface area contributed by atoms with Crippen LogP contribution in [0.1, 0.15) is 57.9 Å². The van der Waals surface area contributed by atoms with E-state index in [9.17, 15) is 9.50 Å². The first-order valence-electron chi connectivity index (χ1n) is 12.0. The second-order valence-electron chi connectivity index (χ2n) is 8.59. The van der Waals surface area contributed by atoms with Gasteiger partial charge in [0.25, 0.3) is 0 Å². The molecule has 2 nitrogen and oxygen atoms in total. The molecule has 0 bridgehead atoms. The summed E-state index contributed by atoms with van der Waals surface area (Å²) < 4.78 is 20.0. The number of halogens is 1. The van der Waals surface area contributed by atoms with Crippen LogP contribution in [0.15, 0.2) is 72.8 Å². The van der Waals surface area contributed by atoms with Gasteiger partial charge in [-0.1, -0.05) is 80.4 Å². The van der Waals surface area contributed by atoms with Crippen molar-refractivity contribution >= 4 is 6.08 Å². The van der Waals surface area contributed by atoms with Crippen molar-refractivity contribution < 1.29 is 14.2 Å². The molecule has 33 heavy (non-hydrogen) atoms. The van der Waals surface area contributed by atoms with Crippen molar-refractivity contribution in [2.45, 2.75) is 58.5 Å². The fourth-order valence-corrected chi connectivity index (χ4v) is 3.83. The van der Waals surface area contributed by atoms with Crippen molar-refractivity contribution in [1.82, 2.24) is 0 Å². The Kier molecular flexibility index (Phi) is 9.71.